The lowest BCUT2D eigenvalue weighted by atomic mass is 9.92. The second-order valence-electron chi connectivity index (χ2n) is 13.4. The van der Waals surface area contributed by atoms with Crippen LogP contribution in [0.5, 0.6) is 0 Å². The van der Waals surface area contributed by atoms with Gasteiger partial charge in [0.1, 0.15) is 22.8 Å². The molecule has 0 fully saturated rings. The lowest BCUT2D eigenvalue weighted by Crippen LogP contribution is -2.36. The van der Waals surface area contributed by atoms with Crippen molar-refractivity contribution in [3.05, 3.63) is 205 Å². The van der Waals surface area contributed by atoms with Crippen LogP contribution in [0.3, 0.4) is 0 Å². The zero-order valence-corrected chi connectivity index (χ0v) is 28.8. The molecule has 10 rings (SSSR count). The summed E-state index contributed by atoms with van der Waals surface area (Å²) in [5.74, 6) is 1.58. The van der Waals surface area contributed by atoms with Crippen molar-refractivity contribution in [1.29, 1.82) is 0 Å². The van der Waals surface area contributed by atoms with E-state index in [2.05, 4.69) is 157 Å². The smallest absolute Gasteiger partial charge is 0.170 e. The van der Waals surface area contributed by atoms with E-state index in [0.29, 0.717) is 0 Å². The molecule has 0 spiro atoms. The van der Waals surface area contributed by atoms with Crippen molar-refractivity contribution in [1.82, 2.24) is 5.32 Å². The molecule has 0 saturated heterocycles. The molecule has 0 bridgehead atoms. The van der Waals surface area contributed by atoms with E-state index in [4.69, 9.17) is 14.4 Å². The first-order valence-corrected chi connectivity index (χ1v) is 17.9. The van der Waals surface area contributed by atoms with Gasteiger partial charge in [0.2, 0.25) is 0 Å². The summed E-state index contributed by atoms with van der Waals surface area (Å²) in [6.07, 6.45) is -0.448. The Labute approximate surface area is 307 Å². The van der Waals surface area contributed by atoms with Crippen LogP contribution in [0.25, 0.3) is 66.1 Å². The van der Waals surface area contributed by atoms with Crippen molar-refractivity contribution in [2.24, 2.45) is 9.98 Å². The first-order chi connectivity index (χ1) is 26.3. The molecule has 1 aromatic heterocycles. The van der Waals surface area contributed by atoms with Crippen molar-refractivity contribution in [3.63, 3.8) is 0 Å². The van der Waals surface area contributed by atoms with Crippen LogP contribution in [0.2, 0.25) is 0 Å². The Morgan fingerprint density at radius 1 is 0.358 bits per heavy atom. The molecule has 0 aliphatic carbocycles. The summed E-state index contributed by atoms with van der Waals surface area (Å²) >= 11 is 0. The number of fused-ring (bicyclic) bond motifs is 4. The Morgan fingerprint density at radius 3 is 1.53 bits per heavy atom. The number of nitrogens with zero attached hydrogens (tertiary/aromatic N) is 2. The first-order valence-electron chi connectivity index (χ1n) is 17.9. The fraction of sp³-hybridized carbons (Fsp3) is 0.0204. The number of hydrogen-bond acceptors (Lipinski definition) is 4. The number of benzene rings is 8. The maximum atomic E-state index is 6.26. The van der Waals surface area contributed by atoms with Crippen LogP contribution in [0.4, 0.5) is 0 Å². The normalized spacial score (nSPS) is 14.2. The topological polar surface area (TPSA) is 49.9 Å². The molecule has 1 aliphatic rings. The molecule has 2 heterocycles. The maximum absolute atomic E-state index is 6.26. The zero-order valence-electron chi connectivity index (χ0n) is 28.8. The minimum Gasteiger partial charge on any atom is -0.456 e. The standard InChI is InChI=1S/C49H33N3O/c1-3-12-32(13-4-1)33-24-26-34(27-25-33)35-28-30-37(31-29-35)48-50-47(36-14-5-2-6-15-36)51-49(52-48)42-21-10-17-38-39(18-9-19-40(38)42)41-20-11-23-45-46(41)43-16-7-8-22-44(43)53-45/h1-31,49H,(H,50,51,52). The largest absolute Gasteiger partial charge is 0.456 e. The third kappa shape index (κ3) is 5.58. The summed E-state index contributed by atoms with van der Waals surface area (Å²) < 4.78 is 6.26. The molecule has 9 aromatic rings. The Hall–Kier alpha value is -7.04. The van der Waals surface area contributed by atoms with Gasteiger partial charge in [0, 0.05) is 27.5 Å². The van der Waals surface area contributed by atoms with Gasteiger partial charge in [-0.3, -0.25) is 0 Å². The molecule has 1 N–H and O–H groups in total. The van der Waals surface area contributed by atoms with Gasteiger partial charge in [-0.15, -0.1) is 0 Å². The molecule has 250 valence electrons. The summed E-state index contributed by atoms with van der Waals surface area (Å²) in [4.78, 5) is 10.5. The third-order valence-electron chi connectivity index (χ3n) is 10.2. The Balaban J connectivity index is 1.05. The number of nitrogens with one attached hydrogen (secondary N) is 1. The number of hydrogen-bond donors (Lipinski definition) is 1. The molecule has 53 heavy (non-hydrogen) atoms. The average Bonchev–Trinajstić information content (AvgIpc) is 3.63. The quantitative estimate of drug-likeness (QED) is 0.190. The molecule has 1 unspecified atom stereocenters. The van der Waals surface area contributed by atoms with Crippen LogP contribution < -0.4 is 5.32 Å². The van der Waals surface area contributed by atoms with Crippen LogP contribution in [0.15, 0.2) is 202 Å². The monoisotopic (exact) mass is 679 g/mol. The molecule has 0 saturated carbocycles. The number of amidine groups is 2. The molecule has 1 atom stereocenters. The fourth-order valence-electron chi connectivity index (χ4n) is 7.58. The number of aliphatic imine (C=N–C) groups is 2. The van der Waals surface area contributed by atoms with Crippen molar-refractivity contribution in [3.8, 4) is 33.4 Å². The van der Waals surface area contributed by atoms with E-state index in [-0.39, 0.29) is 0 Å². The van der Waals surface area contributed by atoms with Gasteiger partial charge in [-0.05, 0) is 56.3 Å². The molecule has 0 radical (unpaired) electrons. The van der Waals surface area contributed by atoms with E-state index in [0.717, 1.165) is 77.8 Å². The molecule has 1 aliphatic heterocycles. The van der Waals surface area contributed by atoms with Crippen molar-refractivity contribution >= 4 is 44.4 Å². The average molecular weight is 680 g/mol. The predicted molar refractivity (Wildman–Crippen MR) is 219 cm³/mol. The lowest BCUT2D eigenvalue weighted by Gasteiger charge is -2.23. The van der Waals surface area contributed by atoms with Crippen LogP contribution in [0, 0.1) is 0 Å². The van der Waals surface area contributed by atoms with Gasteiger partial charge in [-0.1, -0.05) is 176 Å². The minimum absolute atomic E-state index is 0.448. The summed E-state index contributed by atoms with van der Waals surface area (Å²) in [5, 5.41) is 8.10. The Bertz CT molecular complexity index is 2830. The van der Waals surface area contributed by atoms with E-state index < -0.39 is 6.17 Å². The third-order valence-corrected chi connectivity index (χ3v) is 10.2. The lowest BCUT2D eigenvalue weighted by molar-refractivity contribution is 0.669. The van der Waals surface area contributed by atoms with Gasteiger partial charge in [-0.25, -0.2) is 9.98 Å². The SMILES string of the molecule is c1ccc(C2=NC(c3cccc4c(-c5cccc6oc7ccccc7c56)cccc34)N=C(c3ccc(-c4ccc(-c5ccccc5)cc4)cc3)N2)cc1. The van der Waals surface area contributed by atoms with E-state index in [1.807, 2.05) is 36.4 Å². The molecule has 0 amide bonds. The summed E-state index contributed by atoms with van der Waals surface area (Å²) in [5.41, 5.74) is 11.9. The molecule has 4 heteroatoms. The highest BCUT2D eigenvalue weighted by molar-refractivity contribution is 6.17. The minimum atomic E-state index is -0.448. The van der Waals surface area contributed by atoms with Crippen LogP contribution >= 0.6 is 0 Å². The summed E-state index contributed by atoms with van der Waals surface area (Å²) in [6.45, 7) is 0. The van der Waals surface area contributed by atoms with Gasteiger partial charge < -0.3 is 9.73 Å². The molecule has 8 aromatic carbocycles. The highest BCUT2D eigenvalue weighted by Crippen LogP contribution is 2.41. The summed E-state index contributed by atoms with van der Waals surface area (Å²) in [6, 6.07) is 65.8. The summed E-state index contributed by atoms with van der Waals surface area (Å²) in [7, 11) is 0. The second-order valence-corrected chi connectivity index (χ2v) is 13.4. The zero-order chi connectivity index (χ0) is 35.1. The van der Waals surface area contributed by atoms with Gasteiger partial charge in [0.15, 0.2) is 6.17 Å². The molecular weight excluding hydrogens is 647 g/mol. The Morgan fingerprint density at radius 2 is 0.830 bits per heavy atom. The highest BCUT2D eigenvalue weighted by atomic mass is 16.3. The maximum Gasteiger partial charge on any atom is 0.170 e. The van der Waals surface area contributed by atoms with Crippen LogP contribution in [0.1, 0.15) is 22.9 Å². The Kier molecular flexibility index (Phi) is 7.51. The van der Waals surface area contributed by atoms with Gasteiger partial charge >= 0.3 is 0 Å². The van der Waals surface area contributed by atoms with Gasteiger partial charge in [-0.2, -0.15) is 0 Å². The van der Waals surface area contributed by atoms with E-state index >= 15 is 0 Å². The number of para-hydroxylation sites is 1. The van der Waals surface area contributed by atoms with Crippen LogP contribution in [-0.2, 0) is 0 Å². The van der Waals surface area contributed by atoms with Crippen LogP contribution in [-0.4, -0.2) is 11.7 Å². The van der Waals surface area contributed by atoms with Crippen molar-refractivity contribution < 1.29 is 4.42 Å². The molecule has 4 nitrogen and oxygen atoms in total. The fourth-order valence-corrected chi connectivity index (χ4v) is 7.58. The van der Waals surface area contributed by atoms with Gasteiger partial charge in [0.25, 0.3) is 0 Å². The number of furan rings is 1. The first kappa shape index (κ1) is 30.8. The highest BCUT2D eigenvalue weighted by Gasteiger charge is 2.23. The van der Waals surface area contributed by atoms with Crippen molar-refractivity contribution in [2.75, 3.05) is 0 Å². The van der Waals surface area contributed by atoms with E-state index in [1.54, 1.807) is 0 Å². The van der Waals surface area contributed by atoms with E-state index in [9.17, 15) is 0 Å². The number of rotatable bonds is 6. The van der Waals surface area contributed by atoms with Gasteiger partial charge in [0.05, 0.1) is 0 Å². The second kappa shape index (κ2) is 12.9. The van der Waals surface area contributed by atoms with Crippen molar-refractivity contribution in [2.45, 2.75) is 6.17 Å². The predicted octanol–water partition coefficient (Wildman–Crippen LogP) is 12.2. The molecular formula is C49H33N3O. The van der Waals surface area contributed by atoms with E-state index in [1.165, 1.54) is 16.7 Å².